The number of ether oxygens (including phenoxy) is 2. The highest BCUT2D eigenvalue weighted by molar-refractivity contribution is 7.80. The van der Waals surface area contributed by atoms with E-state index in [4.69, 9.17) is 21.7 Å². The second kappa shape index (κ2) is 10.6. The first-order valence-electron chi connectivity index (χ1n) is 15.1. The lowest BCUT2D eigenvalue weighted by atomic mass is 9.51. The van der Waals surface area contributed by atoms with Crippen molar-refractivity contribution in [2.75, 3.05) is 12.1 Å². The van der Waals surface area contributed by atoms with Gasteiger partial charge in [0.2, 0.25) is 6.79 Å². The van der Waals surface area contributed by atoms with Crippen LogP contribution in [0, 0.1) is 29.1 Å². The first kappa shape index (κ1) is 27.2. The third-order valence-electron chi connectivity index (χ3n) is 10.4. The molecular formula is C35H37N3O3S. The molecule has 2 aromatic carbocycles. The Morgan fingerprint density at radius 2 is 1.90 bits per heavy atom. The van der Waals surface area contributed by atoms with Gasteiger partial charge in [0.1, 0.15) is 5.60 Å². The van der Waals surface area contributed by atoms with Crippen molar-refractivity contribution in [3.05, 3.63) is 76.9 Å². The number of hydrogen-bond acceptors (Lipinski definition) is 5. The first-order valence-corrected chi connectivity index (χ1v) is 15.5. The van der Waals surface area contributed by atoms with E-state index in [1.54, 1.807) is 5.57 Å². The highest BCUT2D eigenvalue weighted by atomic mass is 32.1. The van der Waals surface area contributed by atoms with Crippen molar-refractivity contribution in [3.63, 3.8) is 0 Å². The van der Waals surface area contributed by atoms with Crippen LogP contribution in [0.15, 0.2) is 76.4 Å². The zero-order valence-corrected chi connectivity index (χ0v) is 25.0. The fraction of sp³-hybridized carbons (Fsp3) is 0.429. The quantitative estimate of drug-likeness (QED) is 0.210. The summed E-state index contributed by atoms with van der Waals surface area (Å²) in [6.07, 6.45) is 8.81. The highest BCUT2D eigenvalue weighted by Gasteiger charge is 2.62. The largest absolute Gasteiger partial charge is 0.454 e. The van der Waals surface area contributed by atoms with Crippen LogP contribution in [0.2, 0.25) is 0 Å². The van der Waals surface area contributed by atoms with Crippen LogP contribution >= 0.6 is 12.2 Å². The number of hydrogen-bond donors (Lipinski definition) is 3. The van der Waals surface area contributed by atoms with Crippen LogP contribution in [0.25, 0.3) is 0 Å². The van der Waals surface area contributed by atoms with Gasteiger partial charge in [0.25, 0.3) is 0 Å². The molecule has 3 N–H and O–H groups in total. The van der Waals surface area contributed by atoms with E-state index >= 15 is 0 Å². The van der Waals surface area contributed by atoms with Crippen molar-refractivity contribution in [2.45, 2.75) is 70.3 Å². The molecule has 0 saturated heterocycles. The highest BCUT2D eigenvalue weighted by Crippen LogP contribution is 2.66. The summed E-state index contributed by atoms with van der Waals surface area (Å²) in [4.78, 5) is 0. The van der Waals surface area contributed by atoms with Gasteiger partial charge in [0.15, 0.2) is 16.6 Å². The summed E-state index contributed by atoms with van der Waals surface area (Å²) in [5.74, 6) is 8.97. The lowest BCUT2D eigenvalue weighted by molar-refractivity contribution is -0.0513. The molecule has 0 bridgehead atoms. The zero-order valence-electron chi connectivity index (χ0n) is 24.2. The van der Waals surface area contributed by atoms with Crippen LogP contribution in [0.5, 0.6) is 11.5 Å². The molecule has 7 rings (SSSR count). The molecule has 1 heterocycles. The zero-order chi connectivity index (χ0) is 28.9. The van der Waals surface area contributed by atoms with E-state index in [0.29, 0.717) is 16.9 Å². The van der Waals surface area contributed by atoms with Crippen molar-refractivity contribution >= 4 is 28.7 Å². The second-order valence-electron chi connectivity index (χ2n) is 12.5. The minimum absolute atomic E-state index is 0.187. The monoisotopic (exact) mass is 579 g/mol. The SMILES string of the molecule is CC#C[C@]1(O)CC[C@H]2[C@@H]3CCC4=C/C(=N/NC(=S)Nc5ccccc5)CCC4=C3[C@@H](c3ccc4c(c3)OCO4)C[C@@]21C. The molecule has 216 valence electrons. The Labute approximate surface area is 253 Å². The number of para-hydroxylation sites is 1. The van der Waals surface area contributed by atoms with Gasteiger partial charge in [-0.2, -0.15) is 5.10 Å². The van der Waals surface area contributed by atoms with E-state index in [9.17, 15) is 5.11 Å². The number of nitrogens with one attached hydrogen (secondary N) is 2. The van der Waals surface area contributed by atoms with Crippen molar-refractivity contribution in [2.24, 2.45) is 22.4 Å². The van der Waals surface area contributed by atoms with Crippen LogP contribution in [0.3, 0.4) is 0 Å². The molecule has 4 aliphatic carbocycles. The van der Waals surface area contributed by atoms with Gasteiger partial charge in [0, 0.05) is 17.0 Å². The predicted octanol–water partition coefficient (Wildman–Crippen LogP) is 6.84. The van der Waals surface area contributed by atoms with Gasteiger partial charge in [-0.25, -0.2) is 0 Å². The maximum absolute atomic E-state index is 11.9. The van der Waals surface area contributed by atoms with E-state index in [1.165, 1.54) is 16.7 Å². The van der Waals surface area contributed by atoms with Gasteiger partial charge >= 0.3 is 0 Å². The normalized spacial score (nSPS) is 31.7. The number of benzene rings is 2. The van der Waals surface area contributed by atoms with Crippen molar-refractivity contribution < 1.29 is 14.6 Å². The van der Waals surface area contributed by atoms with Crippen LogP contribution in [-0.4, -0.2) is 28.3 Å². The molecule has 2 fully saturated rings. The van der Waals surface area contributed by atoms with Gasteiger partial charge < -0.3 is 19.9 Å². The van der Waals surface area contributed by atoms with E-state index in [1.807, 2.05) is 43.3 Å². The molecule has 2 aromatic rings. The number of allylic oxidation sites excluding steroid dienone is 4. The molecule has 6 nitrogen and oxygen atoms in total. The molecule has 0 spiro atoms. The number of rotatable bonds is 3. The molecule has 5 aliphatic rings. The summed E-state index contributed by atoms with van der Waals surface area (Å²) >= 11 is 5.48. The summed E-state index contributed by atoms with van der Waals surface area (Å²) in [5, 5.41) is 20.3. The Balaban J connectivity index is 1.23. The number of nitrogens with zero attached hydrogens (tertiary/aromatic N) is 1. The number of fused-ring (bicyclic) bond motifs is 5. The summed E-state index contributed by atoms with van der Waals surface area (Å²) in [6.45, 7) is 4.41. The topological polar surface area (TPSA) is 75.1 Å². The van der Waals surface area contributed by atoms with Crippen LogP contribution < -0.4 is 20.2 Å². The lowest BCUT2D eigenvalue weighted by Crippen LogP contribution is -2.51. The molecule has 0 amide bonds. The van der Waals surface area contributed by atoms with Gasteiger partial charge in [0.05, 0.1) is 5.71 Å². The Morgan fingerprint density at radius 3 is 2.74 bits per heavy atom. The van der Waals surface area contributed by atoms with Crippen molar-refractivity contribution in [3.8, 4) is 23.3 Å². The molecule has 0 aromatic heterocycles. The fourth-order valence-corrected chi connectivity index (χ4v) is 8.57. The van der Waals surface area contributed by atoms with E-state index in [2.05, 4.69) is 52.8 Å². The number of anilines is 1. The van der Waals surface area contributed by atoms with Crippen molar-refractivity contribution in [1.82, 2.24) is 5.43 Å². The Hall–Kier alpha value is -3.60. The Kier molecular flexibility index (Phi) is 6.87. The summed E-state index contributed by atoms with van der Waals surface area (Å²) in [6, 6.07) is 16.3. The third-order valence-corrected chi connectivity index (χ3v) is 10.6. The Bertz CT molecular complexity index is 1590. The fourth-order valence-electron chi connectivity index (χ4n) is 8.41. The van der Waals surface area contributed by atoms with E-state index < -0.39 is 5.60 Å². The summed E-state index contributed by atoms with van der Waals surface area (Å²) < 4.78 is 11.4. The number of thiocarbonyl (C=S) groups is 1. The number of aliphatic hydroxyl groups is 1. The Morgan fingerprint density at radius 1 is 1.07 bits per heavy atom. The standard InChI is InChI=1S/C35H37N3O3S/c1-3-16-35(39)17-15-29-27-12-9-22-18-25(37-38-33(42)36-24-7-5-4-6-8-24)11-13-26(22)32(27)28(20-34(29,35)2)23-10-14-30-31(19-23)41-21-40-30/h4-8,10,14,18-19,27-29,39H,9,11-13,15,17,20-21H2,1-2H3,(H2,36,38,42)/b37-25+/t27-,28+,29-,34-,35-/m0/s1. The van der Waals surface area contributed by atoms with Gasteiger partial charge in [-0.05, 0) is 123 Å². The maximum Gasteiger partial charge on any atom is 0.231 e. The second-order valence-corrected chi connectivity index (χ2v) is 12.9. The molecule has 1 aliphatic heterocycles. The average Bonchev–Trinajstić information content (AvgIpc) is 3.57. The van der Waals surface area contributed by atoms with Gasteiger partial charge in [-0.15, -0.1) is 5.92 Å². The molecular weight excluding hydrogens is 542 g/mol. The average molecular weight is 580 g/mol. The molecule has 2 saturated carbocycles. The number of hydrazone groups is 1. The van der Waals surface area contributed by atoms with Crippen LogP contribution in [0.4, 0.5) is 5.69 Å². The van der Waals surface area contributed by atoms with Gasteiger partial charge in [-0.3, -0.25) is 5.43 Å². The third kappa shape index (κ3) is 4.53. The smallest absolute Gasteiger partial charge is 0.231 e. The van der Waals surface area contributed by atoms with Gasteiger partial charge in [-0.1, -0.05) is 42.7 Å². The van der Waals surface area contributed by atoms with Crippen LogP contribution in [0.1, 0.15) is 70.3 Å². The van der Waals surface area contributed by atoms with E-state index in [0.717, 1.165) is 67.8 Å². The predicted molar refractivity (Wildman–Crippen MR) is 169 cm³/mol. The minimum atomic E-state index is -0.961. The maximum atomic E-state index is 11.9. The molecule has 0 unspecified atom stereocenters. The summed E-state index contributed by atoms with van der Waals surface area (Å²) in [5.41, 5.74) is 9.47. The van der Waals surface area contributed by atoms with Crippen LogP contribution in [-0.2, 0) is 0 Å². The molecule has 0 radical (unpaired) electrons. The minimum Gasteiger partial charge on any atom is -0.454 e. The van der Waals surface area contributed by atoms with Crippen molar-refractivity contribution in [1.29, 1.82) is 0 Å². The molecule has 7 heteroatoms. The first-order chi connectivity index (χ1) is 20.4. The molecule has 5 atom stereocenters. The van der Waals surface area contributed by atoms with E-state index in [-0.39, 0.29) is 18.1 Å². The lowest BCUT2D eigenvalue weighted by Gasteiger charge is -2.53. The molecule has 42 heavy (non-hydrogen) atoms. The summed E-state index contributed by atoms with van der Waals surface area (Å²) in [7, 11) is 0.